The monoisotopic (exact) mass is 464 g/mol. The van der Waals surface area contributed by atoms with Crippen molar-refractivity contribution in [2.45, 2.75) is 11.2 Å². The molecular formula is C25H24N2O3S2. The van der Waals surface area contributed by atoms with E-state index in [1.54, 1.807) is 6.21 Å². The number of benzene rings is 3. The third-order valence-electron chi connectivity index (χ3n) is 4.68. The summed E-state index contributed by atoms with van der Waals surface area (Å²) in [5, 5.41) is 3.99. The van der Waals surface area contributed by atoms with E-state index < -0.39 is 0 Å². The molecule has 4 rings (SSSR count). The summed E-state index contributed by atoms with van der Waals surface area (Å²) in [6.07, 6.45) is 1.59. The highest BCUT2D eigenvalue weighted by Gasteiger charge is 2.17. The molecule has 0 atom stereocenters. The second-order valence-corrected chi connectivity index (χ2v) is 9.79. The van der Waals surface area contributed by atoms with Crippen LogP contribution in [0.5, 0.6) is 11.5 Å². The highest BCUT2D eigenvalue weighted by Crippen LogP contribution is 2.45. The van der Waals surface area contributed by atoms with E-state index in [0.29, 0.717) is 16.9 Å². The minimum atomic E-state index is -0.310. The molecule has 0 bridgehead atoms. The number of amides is 1. The van der Waals surface area contributed by atoms with Gasteiger partial charge in [-0.15, -0.1) is 23.5 Å². The summed E-state index contributed by atoms with van der Waals surface area (Å²) in [7, 11) is 0. The predicted octanol–water partition coefficient (Wildman–Crippen LogP) is 5.27. The van der Waals surface area contributed by atoms with Crippen LogP contribution in [-0.4, -0.2) is 30.2 Å². The van der Waals surface area contributed by atoms with Crippen LogP contribution in [0.2, 0.25) is 0 Å². The maximum atomic E-state index is 12.0. The number of thioether (sulfide) groups is 2. The molecular weight excluding hydrogens is 440 g/mol. The summed E-state index contributed by atoms with van der Waals surface area (Å²) in [5.74, 6) is 3.53. The number of rotatable bonds is 9. The molecule has 0 unspecified atom stereocenters. The van der Waals surface area contributed by atoms with Crippen molar-refractivity contribution in [1.82, 2.24) is 5.43 Å². The molecule has 1 saturated heterocycles. The SMILES string of the molecule is O=C(COc1ccc(C2SCCS2)cc1)N/N=C\c1ccc(OCc2ccccc2)cc1. The molecule has 1 aliphatic heterocycles. The van der Waals surface area contributed by atoms with E-state index in [2.05, 4.69) is 22.7 Å². The zero-order valence-electron chi connectivity index (χ0n) is 17.5. The highest BCUT2D eigenvalue weighted by molar-refractivity contribution is 8.19. The Morgan fingerprint density at radius 3 is 2.28 bits per heavy atom. The lowest BCUT2D eigenvalue weighted by atomic mass is 10.2. The Hall–Kier alpha value is -2.90. The van der Waals surface area contributed by atoms with Crippen LogP contribution in [0.25, 0.3) is 0 Å². The van der Waals surface area contributed by atoms with Crippen molar-refractivity contribution in [1.29, 1.82) is 0 Å². The first kappa shape index (κ1) is 22.3. The van der Waals surface area contributed by atoms with Gasteiger partial charge in [-0.1, -0.05) is 42.5 Å². The summed E-state index contributed by atoms with van der Waals surface area (Å²) in [6.45, 7) is 0.432. The molecule has 164 valence electrons. The van der Waals surface area contributed by atoms with Crippen LogP contribution in [0.3, 0.4) is 0 Å². The summed E-state index contributed by atoms with van der Waals surface area (Å²) < 4.78 is 11.8. The third-order valence-corrected chi connectivity index (χ3v) is 7.78. The largest absolute Gasteiger partial charge is 0.489 e. The van der Waals surface area contributed by atoms with Crippen LogP contribution in [0.1, 0.15) is 21.3 Å². The molecule has 1 amide bonds. The normalized spacial score (nSPS) is 13.9. The number of carbonyl (C=O) groups is 1. The van der Waals surface area contributed by atoms with E-state index in [0.717, 1.165) is 16.9 Å². The fraction of sp³-hybridized carbons (Fsp3) is 0.200. The van der Waals surface area contributed by atoms with Gasteiger partial charge in [-0.2, -0.15) is 5.10 Å². The van der Waals surface area contributed by atoms with E-state index in [9.17, 15) is 4.79 Å². The highest BCUT2D eigenvalue weighted by atomic mass is 32.2. The molecule has 5 nitrogen and oxygen atoms in total. The van der Waals surface area contributed by atoms with Crippen LogP contribution < -0.4 is 14.9 Å². The Kier molecular flexibility index (Phi) is 8.11. The van der Waals surface area contributed by atoms with Gasteiger partial charge < -0.3 is 9.47 Å². The van der Waals surface area contributed by atoms with E-state index in [4.69, 9.17) is 9.47 Å². The molecule has 3 aromatic rings. The summed E-state index contributed by atoms with van der Waals surface area (Å²) in [4.78, 5) is 12.0. The van der Waals surface area contributed by atoms with Crippen LogP contribution >= 0.6 is 23.5 Å². The number of nitrogens with one attached hydrogen (secondary N) is 1. The smallest absolute Gasteiger partial charge is 0.277 e. The maximum Gasteiger partial charge on any atom is 0.277 e. The van der Waals surface area contributed by atoms with E-state index >= 15 is 0 Å². The predicted molar refractivity (Wildman–Crippen MR) is 133 cm³/mol. The van der Waals surface area contributed by atoms with Gasteiger partial charge in [0.2, 0.25) is 0 Å². The number of nitrogens with zero attached hydrogens (tertiary/aromatic N) is 1. The molecule has 1 heterocycles. The Morgan fingerprint density at radius 2 is 1.56 bits per heavy atom. The topological polar surface area (TPSA) is 59.9 Å². The fourth-order valence-corrected chi connectivity index (χ4v) is 5.88. The van der Waals surface area contributed by atoms with Crippen molar-refractivity contribution in [2.75, 3.05) is 18.1 Å². The summed E-state index contributed by atoms with van der Waals surface area (Å²) in [6, 6.07) is 25.5. The van der Waals surface area contributed by atoms with Crippen LogP contribution in [0.15, 0.2) is 84.0 Å². The second kappa shape index (κ2) is 11.6. The van der Waals surface area contributed by atoms with Crippen molar-refractivity contribution in [3.63, 3.8) is 0 Å². The molecule has 3 aromatic carbocycles. The Balaban J connectivity index is 1.17. The van der Waals surface area contributed by atoms with E-state index in [-0.39, 0.29) is 12.5 Å². The van der Waals surface area contributed by atoms with E-state index in [1.165, 1.54) is 17.1 Å². The van der Waals surface area contributed by atoms with Gasteiger partial charge in [0.25, 0.3) is 5.91 Å². The lowest BCUT2D eigenvalue weighted by molar-refractivity contribution is -0.123. The third kappa shape index (κ3) is 6.80. The van der Waals surface area contributed by atoms with Gasteiger partial charge in [0, 0.05) is 11.5 Å². The van der Waals surface area contributed by atoms with Gasteiger partial charge >= 0.3 is 0 Å². The van der Waals surface area contributed by atoms with Gasteiger partial charge in [-0.05, 0) is 53.1 Å². The Morgan fingerprint density at radius 1 is 0.906 bits per heavy atom. The first-order chi connectivity index (χ1) is 15.8. The number of hydrogen-bond acceptors (Lipinski definition) is 6. The average Bonchev–Trinajstić information content (AvgIpc) is 3.38. The second-order valence-electron chi connectivity index (χ2n) is 7.07. The molecule has 0 radical (unpaired) electrons. The zero-order valence-corrected chi connectivity index (χ0v) is 19.1. The number of carbonyl (C=O) groups excluding carboxylic acids is 1. The van der Waals surface area contributed by atoms with Crippen molar-refractivity contribution < 1.29 is 14.3 Å². The minimum Gasteiger partial charge on any atom is -0.489 e. The summed E-state index contributed by atoms with van der Waals surface area (Å²) >= 11 is 3.93. The van der Waals surface area contributed by atoms with Gasteiger partial charge in [0.15, 0.2) is 6.61 Å². The standard InChI is InChI=1S/C25H24N2O3S2/c28-24(18-30-23-12-8-21(9-13-23)25-31-14-15-32-25)27-26-16-19-6-10-22(11-7-19)29-17-20-4-2-1-3-5-20/h1-13,16,25H,14-15,17-18H2,(H,27,28)/b26-16-. The van der Waals surface area contributed by atoms with Crippen molar-refractivity contribution in [3.8, 4) is 11.5 Å². The molecule has 0 aromatic heterocycles. The molecule has 0 spiro atoms. The lowest BCUT2D eigenvalue weighted by Gasteiger charge is -2.10. The fourth-order valence-electron chi connectivity index (χ4n) is 3.02. The van der Waals surface area contributed by atoms with Crippen LogP contribution in [0, 0.1) is 0 Å². The van der Waals surface area contributed by atoms with Gasteiger partial charge in [0.1, 0.15) is 18.1 Å². The number of ether oxygens (including phenoxy) is 2. The average molecular weight is 465 g/mol. The quantitative estimate of drug-likeness (QED) is 0.345. The molecule has 1 aliphatic rings. The maximum absolute atomic E-state index is 12.0. The minimum absolute atomic E-state index is 0.0874. The van der Waals surface area contributed by atoms with Crippen molar-refractivity contribution in [3.05, 3.63) is 95.6 Å². The Labute approximate surface area is 196 Å². The molecule has 1 fully saturated rings. The Bertz CT molecular complexity index is 1020. The zero-order chi connectivity index (χ0) is 22.0. The molecule has 32 heavy (non-hydrogen) atoms. The molecule has 7 heteroatoms. The van der Waals surface area contributed by atoms with Crippen molar-refractivity contribution >= 4 is 35.6 Å². The van der Waals surface area contributed by atoms with Crippen molar-refractivity contribution in [2.24, 2.45) is 5.10 Å². The molecule has 0 saturated carbocycles. The first-order valence-corrected chi connectivity index (χ1v) is 12.4. The van der Waals surface area contributed by atoms with Gasteiger partial charge in [-0.25, -0.2) is 5.43 Å². The van der Waals surface area contributed by atoms with Crippen LogP contribution in [-0.2, 0) is 11.4 Å². The summed E-state index contributed by atoms with van der Waals surface area (Å²) in [5.41, 5.74) is 5.75. The lowest BCUT2D eigenvalue weighted by Crippen LogP contribution is -2.24. The number of hydrogen-bond donors (Lipinski definition) is 1. The molecule has 0 aliphatic carbocycles. The van der Waals surface area contributed by atoms with Gasteiger partial charge in [0.05, 0.1) is 10.8 Å². The number of hydrazone groups is 1. The molecule has 1 N–H and O–H groups in total. The first-order valence-electron chi connectivity index (χ1n) is 10.3. The van der Waals surface area contributed by atoms with Crippen LogP contribution in [0.4, 0.5) is 0 Å². The van der Waals surface area contributed by atoms with E-state index in [1.807, 2.05) is 90.3 Å². The van der Waals surface area contributed by atoms with Gasteiger partial charge in [-0.3, -0.25) is 4.79 Å².